The second kappa shape index (κ2) is 9.59. The number of aliphatic carboxylic acids is 1. The average Bonchev–Trinajstić information content (AvgIpc) is 2.74. The van der Waals surface area contributed by atoms with Gasteiger partial charge in [-0.1, -0.05) is 6.07 Å². The number of benzene rings is 1. The van der Waals surface area contributed by atoms with Gasteiger partial charge in [-0.05, 0) is 35.9 Å². The maximum absolute atomic E-state index is 12.6. The highest BCUT2D eigenvalue weighted by Gasteiger charge is 2.32. The van der Waals surface area contributed by atoms with Gasteiger partial charge >= 0.3 is 12.3 Å². The van der Waals surface area contributed by atoms with Crippen molar-refractivity contribution in [3.8, 4) is 17.0 Å². The lowest BCUT2D eigenvalue weighted by Crippen LogP contribution is -2.43. The predicted molar refractivity (Wildman–Crippen MR) is 107 cm³/mol. The largest absolute Gasteiger partial charge is 0.573 e. The summed E-state index contributed by atoms with van der Waals surface area (Å²) in [6.45, 7) is -0.478. The predicted octanol–water partition coefficient (Wildman–Crippen LogP) is 2.39. The maximum Gasteiger partial charge on any atom is 0.573 e. The van der Waals surface area contributed by atoms with E-state index in [1.54, 1.807) is 12.1 Å². The molecule has 2 heterocycles. The number of alkyl halides is 3. The Bertz CT molecular complexity index is 1080. The summed E-state index contributed by atoms with van der Waals surface area (Å²) in [4.78, 5) is 40.9. The highest BCUT2D eigenvalue weighted by molar-refractivity contribution is 6.19. The number of halogens is 3. The van der Waals surface area contributed by atoms with E-state index in [1.807, 2.05) is 0 Å². The van der Waals surface area contributed by atoms with E-state index in [2.05, 4.69) is 15.0 Å². The lowest BCUT2D eigenvalue weighted by molar-refractivity contribution is -0.274. The zero-order valence-electron chi connectivity index (χ0n) is 16.9. The summed E-state index contributed by atoms with van der Waals surface area (Å²) in [5.74, 6) is -3.78. The van der Waals surface area contributed by atoms with Crippen LogP contribution in [-0.2, 0) is 20.9 Å². The Balaban J connectivity index is 1.67. The standard InChI is InChI=1S/C21H18F3N3O6/c22-21(23,24)33-14-4-2-13(3-5-14)15-6-1-12(9-25-15)11-27-8-7-16(28)18(20(27)32)19(31)26-10-17(29)30/h1-6,9,28H,7-8,10-11H2,(H,26,31)(H,29,30). The van der Waals surface area contributed by atoms with Gasteiger partial charge in [-0.2, -0.15) is 0 Å². The summed E-state index contributed by atoms with van der Waals surface area (Å²) in [6, 6.07) is 8.47. The number of carbonyl (C=O) groups excluding carboxylic acids is 2. The number of carboxylic acids is 1. The fourth-order valence-electron chi connectivity index (χ4n) is 3.11. The Labute approximate surface area is 185 Å². The molecule has 0 atom stereocenters. The number of pyridine rings is 1. The number of nitrogens with zero attached hydrogens (tertiary/aromatic N) is 2. The van der Waals surface area contributed by atoms with E-state index in [0.29, 0.717) is 16.8 Å². The van der Waals surface area contributed by atoms with Crippen molar-refractivity contribution in [3.05, 3.63) is 59.5 Å². The third-order valence-corrected chi connectivity index (χ3v) is 4.62. The molecule has 3 N–H and O–H groups in total. The maximum atomic E-state index is 12.6. The van der Waals surface area contributed by atoms with E-state index in [0.717, 1.165) is 0 Å². The first-order chi connectivity index (χ1) is 15.5. The first kappa shape index (κ1) is 23.6. The van der Waals surface area contributed by atoms with Crippen LogP contribution in [0, 0.1) is 0 Å². The number of rotatable bonds is 7. The van der Waals surface area contributed by atoms with E-state index in [9.17, 15) is 32.7 Å². The molecule has 12 heteroatoms. The van der Waals surface area contributed by atoms with Gasteiger partial charge in [0.05, 0.1) is 5.69 Å². The summed E-state index contributed by atoms with van der Waals surface area (Å²) in [6.07, 6.45) is -3.28. The van der Waals surface area contributed by atoms with E-state index in [4.69, 9.17) is 5.11 Å². The van der Waals surface area contributed by atoms with Gasteiger partial charge in [-0.25, -0.2) is 0 Å². The molecule has 9 nitrogen and oxygen atoms in total. The van der Waals surface area contributed by atoms with Crippen molar-refractivity contribution in [1.82, 2.24) is 15.2 Å². The van der Waals surface area contributed by atoms with Crippen LogP contribution in [0.5, 0.6) is 5.75 Å². The SMILES string of the molecule is O=C(O)CNC(=O)C1=C(O)CCN(Cc2ccc(-c3ccc(OC(F)(F)F)cc3)nc2)C1=O. The second-order valence-corrected chi connectivity index (χ2v) is 7.00. The molecule has 0 radical (unpaired) electrons. The summed E-state index contributed by atoms with van der Waals surface area (Å²) in [7, 11) is 0. The van der Waals surface area contributed by atoms with Crippen molar-refractivity contribution in [3.63, 3.8) is 0 Å². The number of carbonyl (C=O) groups is 3. The van der Waals surface area contributed by atoms with E-state index < -0.39 is 42.0 Å². The summed E-state index contributed by atoms with van der Waals surface area (Å²) in [5.41, 5.74) is 1.13. The Hall–Kier alpha value is -4.09. The molecule has 33 heavy (non-hydrogen) atoms. The van der Waals surface area contributed by atoms with Crippen LogP contribution in [-0.4, -0.2) is 57.3 Å². The third kappa shape index (κ3) is 6.21. The van der Waals surface area contributed by atoms with Gasteiger partial charge in [-0.15, -0.1) is 13.2 Å². The molecule has 174 valence electrons. The van der Waals surface area contributed by atoms with Crippen LogP contribution < -0.4 is 10.1 Å². The molecule has 2 aromatic rings. The zero-order chi connectivity index (χ0) is 24.2. The molecule has 0 saturated heterocycles. The second-order valence-electron chi connectivity index (χ2n) is 7.00. The molecule has 1 aliphatic heterocycles. The fourth-order valence-corrected chi connectivity index (χ4v) is 3.11. The first-order valence-electron chi connectivity index (χ1n) is 9.56. The number of aliphatic hydroxyl groups is 1. The Morgan fingerprint density at radius 1 is 1.15 bits per heavy atom. The van der Waals surface area contributed by atoms with Crippen LogP contribution in [0.2, 0.25) is 0 Å². The number of nitrogens with one attached hydrogen (secondary N) is 1. The van der Waals surface area contributed by atoms with Crippen LogP contribution in [0.15, 0.2) is 53.9 Å². The van der Waals surface area contributed by atoms with Gasteiger partial charge in [0.1, 0.15) is 23.6 Å². The molecule has 0 unspecified atom stereocenters. The molecule has 1 aromatic heterocycles. The Morgan fingerprint density at radius 3 is 2.42 bits per heavy atom. The van der Waals surface area contributed by atoms with Crippen LogP contribution in [0.3, 0.4) is 0 Å². The number of aliphatic hydroxyl groups excluding tert-OH is 1. The first-order valence-corrected chi connectivity index (χ1v) is 9.56. The van der Waals surface area contributed by atoms with Crippen LogP contribution >= 0.6 is 0 Å². The van der Waals surface area contributed by atoms with Gasteiger partial charge in [0.25, 0.3) is 11.8 Å². The lowest BCUT2D eigenvalue weighted by Gasteiger charge is -2.28. The number of carboxylic acid groups (broad SMARTS) is 1. The monoisotopic (exact) mass is 465 g/mol. The molecule has 0 aliphatic carbocycles. The van der Waals surface area contributed by atoms with Gasteiger partial charge in [0, 0.05) is 31.3 Å². The quantitative estimate of drug-likeness (QED) is 0.536. The Morgan fingerprint density at radius 2 is 1.85 bits per heavy atom. The molecule has 0 spiro atoms. The number of aromatic nitrogens is 1. The smallest absolute Gasteiger partial charge is 0.511 e. The average molecular weight is 465 g/mol. The molecular formula is C21H18F3N3O6. The minimum atomic E-state index is -4.78. The van der Waals surface area contributed by atoms with Crippen molar-refractivity contribution in [2.75, 3.05) is 13.1 Å². The van der Waals surface area contributed by atoms with Gasteiger partial charge in [0.2, 0.25) is 0 Å². The van der Waals surface area contributed by atoms with E-state index in [-0.39, 0.29) is 25.3 Å². The molecule has 0 saturated carbocycles. The number of hydrogen-bond acceptors (Lipinski definition) is 6. The molecule has 2 amide bonds. The minimum absolute atomic E-state index is 0.0272. The van der Waals surface area contributed by atoms with Crippen molar-refractivity contribution < 1.29 is 42.5 Å². The summed E-state index contributed by atoms with van der Waals surface area (Å²) < 4.78 is 40.6. The Kier molecular flexibility index (Phi) is 6.85. The van der Waals surface area contributed by atoms with Crippen LogP contribution in [0.1, 0.15) is 12.0 Å². The third-order valence-electron chi connectivity index (χ3n) is 4.62. The molecule has 3 rings (SSSR count). The summed E-state index contributed by atoms with van der Waals surface area (Å²) in [5, 5.41) is 20.7. The highest BCUT2D eigenvalue weighted by Crippen LogP contribution is 2.26. The molecule has 0 fully saturated rings. The van der Waals surface area contributed by atoms with Crippen molar-refractivity contribution in [1.29, 1.82) is 0 Å². The zero-order valence-corrected chi connectivity index (χ0v) is 16.9. The van der Waals surface area contributed by atoms with Crippen LogP contribution in [0.4, 0.5) is 13.2 Å². The summed E-state index contributed by atoms with van der Waals surface area (Å²) >= 11 is 0. The normalized spacial score (nSPS) is 14.3. The topological polar surface area (TPSA) is 129 Å². The van der Waals surface area contributed by atoms with Gasteiger partial charge in [-0.3, -0.25) is 19.4 Å². The molecular weight excluding hydrogens is 447 g/mol. The van der Waals surface area contributed by atoms with Gasteiger partial charge in [0.15, 0.2) is 0 Å². The molecule has 1 aliphatic rings. The fraction of sp³-hybridized carbons (Fsp3) is 0.238. The van der Waals surface area contributed by atoms with E-state index in [1.165, 1.54) is 35.4 Å². The van der Waals surface area contributed by atoms with Crippen molar-refractivity contribution in [2.45, 2.75) is 19.3 Å². The van der Waals surface area contributed by atoms with Crippen molar-refractivity contribution >= 4 is 17.8 Å². The molecule has 1 aromatic carbocycles. The van der Waals surface area contributed by atoms with E-state index >= 15 is 0 Å². The lowest BCUT2D eigenvalue weighted by atomic mass is 10.0. The van der Waals surface area contributed by atoms with Gasteiger partial charge < -0.3 is 25.2 Å². The number of hydrogen-bond donors (Lipinski definition) is 3. The molecule has 0 bridgehead atoms. The number of ether oxygens (including phenoxy) is 1. The minimum Gasteiger partial charge on any atom is -0.511 e. The van der Waals surface area contributed by atoms with Crippen molar-refractivity contribution in [2.24, 2.45) is 0 Å². The highest BCUT2D eigenvalue weighted by atomic mass is 19.4. The van der Waals surface area contributed by atoms with Crippen LogP contribution in [0.25, 0.3) is 11.3 Å². The number of amides is 2.